The van der Waals surface area contributed by atoms with Gasteiger partial charge in [-0.3, -0.25) is 9.69 Å². The molecule has 2 rings (SSSR count). The normalized spacial score (nSPS) is 29.7. The largest absolute Gasteiger partial charge is 0.444 e. The van der Waals surface area contributed by atoms with Crippen LogP contribution in [0.2, 0.25) is 0 Å². The van der Waals surface area contributed by atoms with Gasteiger partial charge in [0.25, 0.3) is 0 Å². The summed E-state index contributed by atoms with van der Waals surface area (Å²) in [4.78, 5) is 25.9. The van der Waals surface area contributed by atoms with Gasteiger partial charge in [-0.1, -0.05) is 6.42 Å². The van der Waals surface area contributed by atoms with Gasteiger partial charge in [0.2, 0.25) is 0 Å². The Morgan fingerprint density at radius 3 is 2.67 bits per heavy atom. The van der Waals surface area contributed by atoms with Gasteiger partial charge in [-0.25, -0.2) is 4.79 Å². The Kier molecular flexibility index (Phi) is 4.88. The van der Waals surface area contributed by atoms with Crippen LogP contribution in [-0.4, -0.2) is 59.4 Å². The lowest BCUT2D eigenvalue weighted by molar-refractivity contribution is -0.130. The van der Waals surface area contributed by atoms with Crippen molar-refractivity contribution in [1.29, 1.82) is 0 Å². The summed E-state index contributed by atoms with van der Waals surface area (Å²) in [7, 11) is 0. The minimum atomic E-state index is -0.729. The smallest absolute Gasteiger partial charge is 0.411 e. The minimum Gasteiger partial charge on any atom is -0.444 e. The number of hydrogen-bond acceptors (Lipinski definition) is 5. The van der Waals surface area contributed by atoms with Crippen molar-refractivity contribution >= 4 is 11.9 Å². The van der Waals surface area contributed by atoms with Gasteiger partial charge < -0.3 is 14.6 Å². The number of fused-ring (bicyclic) bond motifs is 1. The van der Waals surface area contributed by atoms with Gasteiger partial charge in [-0.15, -0.1) is 0 Å². The molecule has 2 saturated heterocycles. The molecule has 0 aliphatic carbocycles. The van der Waals surface area contributed by atoms with Gasteiger partial charge >= 0.3 is 6.09 Å². The Bertz CT molecular complexity index is 403. The van der Waals surface area contributed by atoms with E-state index in [1.54, 1.807) is 20.8 Å². The summed E-state index contributed by atoms with van der Waals surface area (Å²) in [6.45, 7) is 5.83. The van der Waals surface area contributed by atoms with Crippen LogP contribution in [0.1, 0.15) is 40.0 Å². The molecule has 0 radical (unpaired) electrons. The zero-order chi connectivity index (χ0) is 15.6. The maximum Gasteiger partial charge on any atom is 0.411 e. The fourth-order valence-corrected chi connectivity index (χ4v) is 3.08. The van der Waals surface area contributed by atoms with E-state index in [0.29, 0.717) is 13.2 Å². The molecule has 0 spiro atoms. The molecular weight excluding hydrogens is 274 g/mol. The van der Waals surface area contributed by atoms with Crippen molar-refractivity contribution in [2.45, 2.75) is 57.8 Å². The monoisotopic (exact) mass is 299 g/mol. The van der Waals surface area contributed by atoms with Gasteiger partial charge in [-0.2, -0.15) is 0 Å². The number of nitrogens with zero attached hydrogens (tertiary/aromatic N) is 1. The van der Waals surface area contributed by atoms with E-state index in [9.17, 15) is 14.7 Å². The van der Waals surface area contributed by atoms with E-state index in [4.69, 9.17) is 9.47 Å². The van der Waals surface area contributed by atoms with Crippen LogP contribution < -0.4 is 0 Å². The molecule has 2 fully saturated rings. The number of hydrogen-bond donors (Lipinski definition) is 1. The average molecular weight is 299 g/mol. The Hall–Kier alpha value is -1.14. The highest BCUT2D eigenvalue weighted by Gasteiger charge is 2.49. The summed E-state index contributed by atoms with van der Waals surface area (Å²) < 4.78 is 11.2. The molecule has 0 bridgehead atoms. The van der Waals surface area contributed by atoms with Crippen LogP contribution in [0.5, 0.6) is 0 Å². The highest BCUT2D eigenvalue weighted by atomic mass is 16.6. The maximum atomic E-state index is 12.3. The predicted octanol–water partition coefficient (Wildman–Crippen LogP) is 1.35. The summed E-state index contributed by atoms with van der Waals surface area (Å²) in [5.41, 5.74) is -0.616. The van der Waals surface area contributed by atoms with Crippen LogP contribution in [0.4, 0.5) is 4.79 Å². The van der Waals surface area contributed by atoms with Crippen LogP contribution in [0.25, 0.3) is 0 Å². The van der Waals surface area contributed by atoms with Crippen molar-refractivity contribution in [3.8, 4) is 0 Å². The number of likely N-dealkylation sites (tertiary alicyclic amines) is 1. The zero-order valence-electron chi connectivity index (χ0n) is 13.0. The van der Waals surface area contributed by atoms with Crippen LogP contribution in [-0.2, 0) is 14.3 Å². The van der Waals surface area contributed by atoms with Crippen molar-refractivity contribution in [3.05, 3.63) is 0 Å². The van der Waals surface area contributed by atoms with Gasteiger partial charge in [0.15, 0.2) is 5.78 Å². The van der Waals surface area contributed by atoms with Gasteiger partial charge in [0, 0.05) is 19.1 Å². The summed E-state index contributed by atoms with van der Waals surface area (Å²) in [6.07, 6.45) is 2.10. The number of amides is 1. The van der Waals surface area contributed by atoms with Crippen LogP contribution >= 0.6 is 0 Å². The van der Waals surface area contributed by atoms with Crippen LogP contribution in [0.15, 0.2) is 0 Å². The molecular formula is C15H25NO5. The van der Waals surface area contributed by atoms with Gasteiger partial charge in [0.05, 0.1) is 6.10 Å². The van der Waals surface area contributed by atoms with E-state index in [1.807, 2.05) is 0 Å². The number of aliphatic hydroxyl groups excluding tert-OH is 1. The van der Waals surface area contributed by atoms with Crippen molar-refractivity contribution < 1.29 is 24.2 Å². The molecule has 1 N–H and O–H groups in total. The van der Waals surface area contributed by atoms with Crippen molar-refractivity contribution in [2.75, 3.05) is 19.8 Å². The summed E-state index contributed by atoms with van der Waals surface area (Å²) >= 11 is 0. The van der Waals surface area contributed by atoms with Crippen molar-refractivity contribution in [1.82, 2.24) is 4.90 Å². The molecule has 0 aromatic heterocycles. The van der Waals surface area contributed by atoms with Gasteiger partial charge in [-0.05, 0) is 33.6 Å². The first kappa shape index (κ1) is 16.2. The fraction of sp³-hybridized carbons (Fsp3) is 0.867. The molecule has 6 heteroatoms. The Balaban J connectivity index is 2.19. The molecule has 6 nitrogen and oxygen atoms in total. The first-order valence-electron chi connectivity index (χ1n) is 7.58. The molecule has 1 amide bonds. The van der Waals surface area contributed by atoms with Gasteiger partial charge in [0.1, 0.15) is 18.2 Å². The van der Waals surface area contributed by atoms with E-state index in [0.717, 1.165) is 19.3 Å². The predicted molar refractivity (Wildman–Crippen MR) is 75.9 cm³/mol. The molecule has 2 aliphatic heterocycles. The Morgan fingerprint density at radius 1 is 1.33 bits per heavy atom. The molecule has 3 atom stereocenters. The standard InChI is InChI=1S/C15H25NO5/c1-15(2,3)21-14(19)16-8-10-6-4-5-7-20-13(10)12(16)11(18)9-17/h10,12-13,17H,4-9H2,1-3H3/t10-,12+,13+/m0/s1. The van der Waals surface area contributed by atoms with Crippen molar-refractivity contribution in [2.24, 2.45) is 5.92 Å². The lowest BCUT2D eigenvalue weighted by Crippen LogP contribution is -2.48. The number of carbonyl (C=O) groups excluding carboxylic acids is 2. The first-order valence-corrected chi connectivity index (χ1v) is 7.58. The third kappa shape index (κ3) is 3.74. The topological polar surface area (TPSA) is 76.1 Å². The van der Waals surface area contributed by atoms with E-state index in [1.165, 1.54) is 4.90 Å². The summed E-state index contributed by atoms with van der Waals surface area (Å²) in [6, 6.07) is -0.729. The van der Waals surface area contributed by atoms with E-state index < -0.39 is 24.3 Å². The number of Topliss-reactive ketones (excluding diaryl/α,β-unsaturated/α-hetero) is 1. The number of rotatable bonds is 2. The number of ether oxygens (including phenoxy) is 2. The molecule has 21 heavy (non-hydrogen) atoms. The van der Waals surface area contributed by atoms with Crippen LogP contribution in [0.3, 0.4) is 0 Å². The zero-order valence-corrected chi connectivity index (χ0v) is 13.0. The summed E-state index contributed by atoms with van der Waals surface area (Å²) in [5.74, 6) is -0.240. The second-order valence-corrected chi connectivity index (χ2v) is 6.79. The van der Waals surface area contributed by atoms with Crippen LogP contribution in [0, 0.1) is 5.92 Å². The Morgan fingerprint density at radius 2 is 2.05 bits per heavy atom. The number of ketones is 1. The van der Waals surface area contributed by atoms with E-state index >= 15 is 0 Å². The highest BCUT2D eigenvalue weighted by molar-refractivity contribution is 5.89. The first-order chi connectivity index (χ1) is 9.83. The molecule has 2 aliphatic rings. The molecule has 120 valence electrons. The number of aliphatic hydroxyl groups is 1. The molecule has 2 heterocycles. The second kappa shape index (κ2) is 6.32. The quantitative estimate of drug-likeness (QED) is 0.833. The SMILES string of the molecule is CC(C)(C)OC(=O)N1C[C@@H]2CCCCO[C@H]2[C@H]1C(=O)CO. The number of carbonyl (C=O) groups is 2. The molecule has 0 unspecified atom stereocenters. The maximum absolute atomic E-state index is 12.3. The second-order valence-electron chi connectivity index (χ2n) is 6.79. The van der Waals surface area contributed by atoms with Crippen molar-refractivity contribution in [3.63, 3.8) is 0 Å². The third-order valence-corrected chi connectivity index (χ3v) is 3.94. The fourth-order valence-electron chi connectivity index (χ4n) is 3.08. The molecule has 0 aromatic carbocycles. The summed E-state index contributed by atoms with van der Waals surface area (Å²) in [5, 5.41) is 9.20. The van der Waals surface area contributed by atoms with E-state index in [-0.39, 0.29) is 17.8 Å². The Labute approximate surface area is 125 Å². The lowest BCUT2D eigenvalue weighted by atomic mass is 9.95. The van der Waals surface area contributed by atoms with E-state index in [2.05, 4.69) is 0 Å². The highest BCUT2D eigenvalue weighted by Crippen LogP contribution is 2.34. The average Bonchev–Trinajstić information content (AvgIpc) is 2.59. The minimum absolute atomic E-state index is 0.139. The molecule has 0 saturated carbocycles. The lowest BCUT2D eigenvalue weighted by Gasteiger charge is -2.29. The third-order valence-electron chi connectivity index (χ3n) is 3.94. The molecule has 0 aromatic rings.